The van der Waals surface area contributed by atoms with Crippen molar-refractivity contribution in [2.75, 3.05) is 26.2 Å². The maximum Gasteiger partial charge on any atom is 0.253 e. The first-order valence-electron chi connectivity index (χ1n) is 9.42. The number of carbonyl (C=O) groups is 2. The minimum atomic E-state index is 0.0249. The Balaban J connectivity index is 1.60. The van der Waals surface area contributed by atoms with Crippen molar-refractivity contribution in [3.8, 4) is 5.69 Å². The van der Waals surface area contributed by atoms with Crippen molar-refractivity contribution in [1.82, 2.24) is 19.6 Å². The molecule has 0 saturated carbocycles. The number of carbonyl (C=O) groups excluding carboxylic acids is 2. The van der Waals surface area contributed by atoms with Crippen molar-refractivity contribution >= 4 is 27.7 Å². The van der Waals surface area contributed by atoms with Crippen molar-refractivity contribution in [3.63, 3.8) is 0 Å². The minimum Gasteiger partial charge on any atom is -0.343 e. The summed E-state index contributed by atoms with van der Waals surface area (Å²) in [6, 6.07) is 7.45. The van der Waals surface area contributed by atoms with Gasteiger partial charge in [0.05, 0.1) is 16.4 Å². The molecule has 1 fully saturated rings. The Hall–Kier alpha value is -2.15. The summed E-state index contributed by atoms with van der Waals surface area (Å²) in [5, 5.41) is 4.24. The Labute approximate surface area is 168 Å². The number of aromatic nitrogens is 2. The first-order chi connectivity index (χ1) is 13.0. The molecular formula is C20H25BrN4O2. The fraction of sp³-hybridized carbons (Fsp3) is 0.450. The van der Waals surface area contributed by atoms with Gasteiger partial charge in [0, 0.05) is 43.9 Å². The Bertz CT molecular complexity index is 791. The van der Waals surface area contributed by atoms with Crippen molar-refractivity contribution in [2.45, 2.75) is 26.7 Å². The monoisotopic (exact) mass is 432 g/mol. The van der Waals surface area contributed by atoms with Crippen molar-refractivity contribution < 1.29 is 9.59 Å². The van der Waals surface area contributed by atoms with Crippen LogP contribution in [-0.2, 0) is 4.79 Å². The molecule has 0 unspecified atom stereocenters. The molecule has 0 aliphatic carbocycles. The van der Waals surface area contributed by atoms with Crippen LogP contribution < -0.4 is 0 Å². The lowest BCUT2D eigenvalue weighted by atomic mass is 9.94. The fourth-order valence-corrected chi connectivity index (χ4v) is 3.79. The smallest absolute Gasteiger partial charge is 0.253 e. The van der Waals surface area contributed by atoms with E-state index in [0.29, 0.717) is 18.7 Å². The fourth-order valence-electron chi connectivity index (χ4n) is 3.50. The number of halogens is 1. The number of piperidine rings is 1. The van der Waals surface area contributed by atoms with E-state index in [1.54, 1.807) is 10.9 Å². The van der Waals surface area contributed by atoms with Crippen LogP contribution in [0.5, 0.6) is 0 Å². The Kier molecular flexibility index (Phi) is 6.31. The quantitative estimate of drug-likeness (QED) is 0.727. The van der Waals surface area contributed by atoms with Crippen LogP contribution in [0.4, 0.5) is 0 Å². The van der Waals surface area contributed by atoms with Crippen LogP contribution in [0.1, 0.15) is 37.0 Å². The van der Waals surface area contributed by atoms with Gasteiger partial charge in [-0.3, -0.25) is 9.59 Å². The highest BCUT2D eigenvalue weighted by atomic mass is 79.9. The standard InChI is InChI=1S/C20H25BrN4O2/c1-3-23(4-2)19(26)16-9-11-24(12-10-16)20(27)15-5-7-18(8-6-15)25-14-17(21)13-22-25/h5-8,13-14,16H,3-4,9-12H2,1-2H3. The Morgan fingerprint density at radius 2 is 1.78 bits per heavy atom. The van der Waals surface area contributed by atoms with Crippen LogP contribution in [0, 0.1) is 5.92 Å². The van der Waals surface area contributed by atoms with E-state index in [9.17, 15) is 9.59 Å². The second kappa shape index (κ2) is 8.69. The molecule has 0 N–H and O–H groups in total. The summed E-state index contributed by atoms with van der Waals surface area (Å²) in [5.41, 5.74) is 1.57. The largest absolute Gasteiger partial charge is 0.343 e. The average molecular weight is 433 g/mol. The van der Waals surface area contributed by atoms with Gasteiger partial charge in [-0.2, -0.15) is 5.10 Å². The van der Waals surface area contributed by atoms with Crippen LogP contribution >= 0.6 is 15.9 Å². The summed E-state index contributed by atoms with van der Waals surface area (Å²) in [6.07, 6.45) is 5.07. The highest BCUT2D eigenvalue weighted by Gasteiger charge is 2.29. The number of hydrogen-bond acceptors (Lipinski definition) is 3. The molecule has 3 rings (SSSR count). The van der Waals surface area contributed by atoms with Gasteiger partial charge in [0.25, 0.3) is 5.91 Å². The second-order valence-electron chi connectivity index (χ2n) is 6.73. The van der Waals surface area contributed by atoms with Gasteiger partial charge >= 0.3 is 0 Å². The van der Waals surface area contributed by atoms with E-state index in [4.69, 9.17) is 0 Å². The Morgan fingerprint density at radius 1 is 1.15 bits per heavy atom. The number of rotatable bonds is 5. The molecule has 1 aliphatic rings. The molecule has 0 radical (unpaired) electrons. The van der Waals surface area contributed by atoms with Gasteiger partial charge in [0.15, 0.2) is 0 Å². The zero-order chi connectivity index (χ0) is 19.4. The molecule has 0 spiro atoms. The average Bonchev–Trinajstić information content (AvgIpc) is 3.15. The van der Waals surface area contributed by atoms with Crippen LogP contribution in [0.25, 0.3) is 5.69 Å². The molecule has 0 atom stereocenters. The summed E-state index contributed by atoms with van der Waals surface area (Å²) >= 11 is 3.38. The molecule has 2 aromatic rings. The van der Waals surface area contributed by atoms with E-state index < -0.39 is 0 Å². The summed E-state index contributed by atoms with van der Waals surface area (Å²) in [4.78, 5) is 29.0. The molecular weight excluding hydrogens is 408 g/mol. The van der Waals surface area contributed by atoms with Crippen LogP contribution in [0.3, 0.4) is 0 Å². The highest BCUT2D eigenvalue weighted by Crippen LogP contribution is 2.22. The maximum absolute atomic E-state index is 12.8. The molecule has 1 aromatic heterocycles. The lowest BCUT2D eigenvalue weighted by molar-refractivity contribution is -0.136. The van der Waals surface area contributed by atoms with Gasteiger partial charge in [-0.05, 0) is 66.9 Å². The molecule has 1 aromatic carbocycles. The van der Waals surface area contributed by atoms with E-state index in [0.717, 1.165) is 36.1 Å². The number of benzene rings is 1. The molecule has 2 amide bonds. The normalized spacial score (nSPS) is 15.0. The third-order valence-corrected chi connectivity index (χ3v) is 5.55. The van der Waals surface area contributed by atoms with Crippen LogP contribution in [-0.4, -0.2) is 57.6 Å². The van der Waals surface area contributed by atoms with E-state index in [-0.39, 0.29) is 17.7 Å². The van der Waals surface area contributed by atoms with Gasteiger partial charge < -0.3 is 9.80 Å². The summed E-state index contributed by atoms with van der Waals surface area (Å²) in [7, 11) is 0. The molecule has 7 heteroatoms. The van der Waals surface area contributed by atoms with Crippen molar-refractivity contribution in [3.05, 3.63) is 46.7 Å². The Morgan fingerprint density at radius 3 is 2.30 bits per heavy atom. The molecule has 1 aliphatic heterocycles. The van der Waals surface area contributed by atoms with Crippen LogP contribution in [0.2, 0.25) is 0 Å². The molecule has 6 nitrogen and oxygen atoms in total. The lowest BCUT2D eigenvalue weighted by Crippen LogP contribution is -2.44. The van der Waals surface area contributed by atoms with E-state index in [2.05, 4.69) is 21.0 Å². The number of amides is 2. The third-order valence-electron chi connectivity index (χ3n) is 5.14. The summed E-state index contributed by atoms with van der Waals surface area (Å²) < 4.78 is 2.66. The number of likely N-dealkylation sites (tertiary alicyclic amines) is 1. The summed E-state index contributed by atoms with van der Waals surface area (Å²) in [6.45, 7) is 6.76. The third kappa shape index (κ3) is 4.40. The predicted octanol–water partition coefficient (Wildman–Crippen LogP) is 3.36. The first-order valence-corrected chi connectivity index (χ1v) is 10.2. The zero-order valence-electron chi connectivity index (χ0n) is 15.8. The van der Waals surface area contributed by atoms with Gasteiger partial charge in [0.1, 0.15) is 0 Å². The van der Waals surface area contributed by atoms with Crippen molar-refractivity contribution in [1.29, 1.82) is 0 Å². The topological polar surface area (TPSA) is 58.4 Å². The SMILES string of the molecule is CCN(CC)C(=O)C1CCN(C(=O)c2ccc(-n3cc(Br)cn3)cc2)CC1. The van der Waals surface area contributed by atoms with E-state index in [1.807, 2.05) is 54.1 Å². The zero-order valence-corrected chi connectivity index (χ0v) is 17.4. The van der Waals surface area contributed by atoms with Crippen molar-refractivity contribution in [2.24, 2.45) is 5.92 Å². The molecule has 27 heavy (non-hydrogen) atoms. The van der Waals surface area contributed by atoms with Gasteiger partial charge in [0.2, 0.25) is 5.91 Å². The predicted molar refractivity (Wildman–Crippen MR) is 108 cm³/mol. The van der Waals surface area contributed by atoms with Crippen LogP contribution in [0.15, 0.2) is 41.1 Å². The second-order valence-corrected chi connectivity index (χ2v) is 7.64. The molecule has 0 bridgehead atoms. The first kappa shape index (κ1) is 19.6. The molecule has 1 saturated heterocycles. The van der Waals surface area contributed by atoms with Gasteiger partial charge in [-0.25, -0.2) is 4.68 Å². The van der Waals surface area contributed by atoms with E-state index >= 15 is 0 Å². The minimum absolute atomic E-state index is 0.0249. The van der Waals surface area contributed by atoms with Gasteiger partial charge in [-0.1, -0.05) is 0 Å². The summed E-state index contributed by atoms with van der Waals surface area (Å²) in [5.74, 6) is 0.286. The molecule has 144 valence electrons. The molecule has 2 heterocycles. The van der Waals surface area contributed by atoms with Gasteiger partial charge in [-0.15, -0.1) is 0 Å². The number of nitrogens with zero attached hydrogens (tertiary/aromatic N) is 4. The highest BCUT2D eigenvalue weighted by molar-refractivity contribution is 9.10. The number of hydrogen-bond donors (Lipinski definition) is 0. The maximum atomic E-state index is 12.8. The lowest BCUT2D eigenvalue weighted by Gasteiger charge is -2.33. The van der Waals surface area contributed by atoms with E-state index in [1.165, 1.54) is 0 Å².